The highest BCUT2D eigenvalue weighted by Crippen LogP contribution is 2.44. The van der Waals surface area contributed by atoms with E-state index in [9.17, 15) is 31.1 Å². The minimum absolute atomic E-state index is 0.279. The smallest absolute Gasteiger partial charge is 0.478 e. The number of pyridine rings is 1. The van der Waals surface area contributed by atoms with Gasteiger partial charge in [-0.15, -0.1) is 13.2 Å². The number of aldehydes is 1. The monoisotopic (exact) mass is 289 g/mol. The first kappa shape index (κ1) is 15.1. The van der Waals surface area contributed by atoms with Crippen LogP contribution in [0.25, 0.3) is 0 Å². The maximum absolute atomic E-state index is 12.7. The lowest BCUT2D eigenvalue weighted by molar-refractivity contribution is -0.276. The summed E-state index contributed by atoms with van der Waals surface area (Å²) in [7, 11) is 0.812. The summed E-state index contributed by atoms with van der Waals surface area (Å²) in [6, 6.07) is 0. The summed E-state index contributed by atoms with van der Waals surface area (Å²) in [6.07, 6.45) is -10.5. The second-order valence-electron chi connectivity index (χ2n) is 3.09. The second kappa shape index (κ2) is 4.94. The molecule has 0 aromatic carbocycles. The van der Waals surface area contributed by atoms with Crippen LogP contribution in [0, 0.1) is 0 Å². The average Bonchev–Trinajstić information content (AvgIpc) is 2.24. The fourth-order valence-electron chi connectivity index (χ4n) is 1.23. The fraction of sp³-hybridized carbons (Fsp3) is 0.333. The molecular weight excluding hydrogens is 284 g/mol. The summed E-state index contributed by atoms with van der Waals surface area (Å²) in [4.78, 5) is 13.6. The van der Waals surface area contributed by atoms with Crippen molar-refractivity contribution in [3.05, 3.63) is 17.3 Å². The number of hydrogen-bond acceptors (Lipinski definition) is 4. The molecule has 106 valence electrons. The van der Waals surface area contributed by atoms with Crippen LogP contribution in [-0.2, 0) is 6.18 Å². The zero-order valence-corrected chi connectivity index (χ0v) is 9.09. The molecule has 0 N–H and O–H groups in total. The van der Waals surface area contributed by atoms with E-state index in [1.54, 1.807) is 0 Å². The van der Waals surface area contributed by atoms with Crippen molar-refractivity contribution < 1.29 is 40.6 Å². The molecule has 0 bridgehead atoms. The predicted molar refractivity (Wildman–Crippen MR) is 47.9 cm³/mol. The van der Waals surface area contributed by atoms with Crippen molar-refractivity contribution in [2.75, 3.05) is 7.11 Å². The first-order valence-corrected chi connectivity index (χ1v) is 4.45. The van der Waals surface area contributed by atoms with Crippen molar-refractivity contribution in [3.63, 3.8) is 0 Å². The van der Waals surface area contributed by atoms with Gasteiger partial charge in [-0.3, -0.25) is 4.79 Å². The SMILES string of the molecule is COc1ncc(C=O)c(C(F)(F)F)c1OC(F)(F)F. The number of ether oxygens (including phenoxy) is 2. The van der Waals surface area contributed by atoms with Crippen LogP contribution in [0.1, 0.15) is 15.9 Å². The molecule has 0 aliphatic heterocycles. The molecule has 4 nitrogen and oxygen atoms in total. The fourth-order valence-corrected chi connectivity index (χ4v) is 1.23. The first-order valence-electron chi connectivity index (χ1n) is 4.45. The summed E-state index contributed by atoms with van der Waals surface area (Å²) in [5.41, 5.74) is -2.99. The van der Waals surface area contributed by atoms with Gasteiger partial charge in [0.15, 0.2) is 6.29 Å². The molecule has 19 heavy (non-hydrogen) atoms. The molecule has 0 aliphatic rings. The van der Waals surface area contributed by atoms with Gasteiger partial charge >= 0.3 is 12.5 Å². The van der Waals surface area contributed by atoms with E-state index in [1.165, 1.54) is 0 Å². The summed E-state index contributed by atoms with van der Waals surface area (Å²) in [5.74, 6) is -2.73. The molecule has 0 saturated carbocycles. The van der Waals surface area contributed by atoms with Gasteiger partial charge in [0, 0.05) is 11.8 Å². The lowest BCUT2D eigenvalue weighted by Crippen LogP contribution is -2.22. The lowest BCUT2D eigenvalue weighted by atomic mass is 10.1. The second-order valence-corrected chi connectivity index (χ2v) is 3.09. The standard InChI is InChI=1S/C9H5F6NO3/c1-18-7-6(19-9(13,14)15)5(8(10,11)12)4(3-17)2-16-7/h2-3H,1H3. The molecule has 0 radical (unpaired) electrons. The Morgan fingerprint density at radius 1 is 1.21 bits per heavy atom. The topological polar surface area (TPSA) is 48.4 Å². The number of alkyl halides is 6. The molecule has 1 aromatic rings. The van der Waals surface area contributed by atoms with Gasteiger partial charge in [0.1, 0.15) is 5.56 Å². The van der Waals surface area contributed by atoms with Gasteiger partial charge in [0.05, 0.1) is 7.11 Å². The maximum Gasteiger partial charge on any atom is 0.573 e. The third kappa shape index (κ3) is 3.48. The molecule has 0 saturated heterocycles. The Morgan fingerprint density at radius 3 is 2.16 bits per heavy atom. The van der Waals surface area contributed by atoms with Gasteiger partial charge < -0.3 is 9.47 Å². The maximum atomic E-state index is 12.7. The van der Waals surface area contributed by atoms with Crippen molar-refractivity contribution >= 4 is 6.29 Å². The van der Waals surface area contributed by atoms with Gasteiger partial charge in [-0.05, 0) is 0 Å². The number of rotatable bonds is 3. The van der Waals surface area contributed by atoms with Crippen molar-refractivity contribution in [1.82, 2.24) is 4.98 Å². The summed E-state index contributed by atoms with van der Waals surface area (Å²) < 4.78 is 81.9. The predicted octanol–water partition coefficient (Wildman–Crippen LogP) is 2.82. The van der Waals surface area contributed by atoms with Crippen molar-refractivity contribution in [3.8, 4) is 11.6 Å². The van der Waals surface area contributed by atoms with Gasteiger partial charge in [-0.25, -0.2) is 4.98 Å². The van der Waals surface area contributed by atoms with E-state index in [0.717, 1.165) is 7.11 Å². The zero-order chi connectivity index (χ0) is 14.8. The number of methoxy groups -OCH3 is 1. The molecule has 0 fully saturated rings. The van der Waals surface area contributed by atoms with Crippen molar-refractivity contribution in [2.24, 2.45) is 0 Å². The van der Waals surface area contributed by atoms with Crippen LogP contribution in [0.15, 0.2) is 6.20 Å². The number of carbonyl (C=O) groups is 1. The zero-order valence-electron chi connectivity index (χ0n) is 9.09. The summed E-state index contributed by atoms with van der Waals surface area (Å²) in [5, 5.41) is 0. The highest BCUT2D eigenvalue weighted by Gasteiger charge is 2.43. The van der Waals surface area contributed by atoms with Crippen molar-refractivity contribution in [2.45, 2.75) is 12.5 Å². The van der Waals surface area contributed by atoms with Crippen LogP contribution in [0.2, 0.25) is 0 Å². The van der Waals surface area contributed by atoms with E-state index in [1.807, 2.05) is 0 Å². The summed E-state index contributed by atoms with van der Waals surface area (Å²) >= 11 is 0. The molecule has 0 atom stereocenters. The van der Waals surface area contributed by atoms with Gasteiger partial charge in [0.25, 0.3) is 5.88 Å². The Bertz CT molecular complexity index is 482. The molecule has 10 heteroatoms. The third-order valence-electron chi connectivity index (χ3n) is 1.85. The van der Waals surface area contributed by atoms with E-state index >= 15 is 0 Å². The lowest BCUT2D eigenvalue weighted by Gasteiger charge is -2.18. The van der Waals surface area contributed by atoms with E-state index < -0.39 is 35.3 Å². The molecule has 1 aromatic heterocycles. The number of hydrogen-bond donors (Lipinski definition) is 0. The van der Waals surface area contributed by atoms with Crippen molar-refractivity contribution in [1.29, 1.82) is 0 Å². The third-order valence-corrected chi connectivity index (χ3v) is 1.85. The Kier molecular flexibility index (Phi) is 3.91. The molecule has 0 amide bonds. The van der Waals surface area contributed by atoms with E-state index in [0.29, 0.717) is 6.20 Å². The molecular formula is C9H5F6NO3. The average molecular weight is 289 g/mol. The Morgan fingerprint density at radius 2 is 1.79 bits per heavy atom. The largest absolute Gasteiger partial charge is 0.573 e. The Labute approximate surface area is 101 Å². The molecule has 0 aliphatic carbocycles. The molecule has 0 spiro atoms. The normalized spacial score (nSPS) is 12.2. The minimum Gasteiger partial charge on any atom is -0.478 e. The van der Waals surface area contributed by atoms with E-state index in [4.69, 9.17) is 0 Å². The molecule has 1 rings (SSSR count). The molecule has 1 heterocycles. The Hall–Kier alpha value is -2.00. The van der Waals surface area contributed by atoms with Gasteiger partial charge in [0.2, 0.25) is 5.75 Å². The minimum atomic E-state index is -5.39. The van der Waals surface area contributed by atoms with Gasteiger partial charge in [-0.1, -0.05) is 0 Å². The van der Waals surface area contributed by atoms with Crippen LogP contribution >= 0.6 is 0 Å². The van der Waals surface area contributed by atoms with Gasteiger partial charge in [-0.2, -0.15) is 13.2 Å². The van der Waals surface area contributed by atoms with Crippen LogP contribution in [0.3, 0.4) is 0 Å². The highest BCUT2D eigenvalue weighted by molar-refractivity contribution is 5.79. The van der Waals surface area contributed by atoms with E-state index in [-0.39, 0.29) is 6.29 Å². The van der Waals surface area contributed by atoms with Crippen LogP contribution in [0.5, 0.6) is 11.6 Å². The van der Waals surface area contributed by atoms with Crippen LogP contribution < -0.4 is 9.47 Å². The highest BCUT2D eigenvalue weighted by atomic mass is 19.4. The van der Waals surface area contributed by atoms with Crippen LogP contribution in [-0.4, -0.2) is 24.7 Å². The number of aromatic nitrogens is 1. The van der Waals surface area contributed by atoms with E-state index in [2.05, 4.69) is 14.5 Å². The Balaban J connectivity index is 3.57. The summed E-state index contributed by atoms with van der Waals surface area (Å²) in [6.45, 7) is 0. The molecule has 0 unspecified atom stereocenters. The number of nitrogens with zero attached hydrogens (tertiary/aromatic N) is 1. The quantitative estimate of drug-likeness (QED) is 0.634. The first-order chi connectivity index (χ1) is 8.60. The van der Waals surface area contributed by atoms with Crippen LogP contribution in [0.4, 0.5) is 26.3 Å². The number of carbonyl (C=O) groups excluding carboxylic acids is 1. The number of halogens is 6.